The van der Waals surface area contributed by atoms with Gasteiger partial charge >= 0.3 is 0 Å². The summed E-state index contributed by atoms with van der Waals surface area (Å²) in [4.78, 5) is 0. The summed E-state index contributed by atoms with van der Waals surface area (Å²) in [5, 5.41) is 1.57. The molecular formula is C8H6Br3Cl. The third-order valence-corrected chi connectivity index (χ3v) is 3.43. The average molecular weight is 377 g/mol. The maximum absolute atomic E-state index is 6.00. The summed E-state index contributed by atoms with van der Waals surface area (Å²) < 4.78 is 0.163. The number of rotatable bonds is 2. The van der Waals surface area contributed by atoms with E-state index in [1.165, 1.54) is 5.56 Å². The van der Waals surface area contributed by atoms with Gasteiger partial charge in [0.15, 0.2) is 0 Å². The van der Waals surface area contributed by atoms with E-state index in [-0.39, 0.29) is 3.74 Å². The molecule has 1 rings (SSSR count). The van der Waals surface area contributed by atoms with Crippen molar-refractivity contribution < 1.29 is 0 Å². The zero-order valence-corrected chi connectivity index (χ0v) is 11.5. The van der Waals surface area contributed by atoms with E-state index in [1.807, 2.05) is 18.2 Å². The molecule has 0 nitrogen and oxygen atoms in total. The first-order valence-electron chi connectivity index (χ1n) is 3.28. The Bertz CT molecular complexity index is 273. The lowest BCUT2D eigenvalue weighted by atomic mass is 10.1. The lowest BCUT2D eigenvalue weighted by molar-refractivity contribution is 1.30. The molecule has 4 heteroatoms. The number of alkyl halides is 3. The van der Waals surface area contributed by atoms with E-state index in [0.29, 0.717) is 0 Å². The van der Waals surface area contributed by atoms with Crippen molar-refractivity contribution in [3.05, 3.63) is 34.3 Å². The van der Waals surface area contributed by atoms with E-state index in [2.05, 4.69) is 47.8 Å². The zero-order valence-electron chi connectivity index (χ0n) is 6.03. The van der Waals surface area contributed by atoms with E-state index in [0.717, 1.165) is 15.9 Å². The van der Waals surface area contributed by atoms with Crippen LogP contribution in [0.3, 0.4) is 0 Å². The minimum atomic E-state index is 0.163. The molecule has 0 heterocycles. The summed E-state index contributed by atoms with van der Waals surface area (Å²) >= 11 is 16.3. The monoisotopic (exact) mass is 374 g/mol. The minimum absolute atomic E-state index is 0.163. The first-order chi connectivity index (χ1) is 5.66. The highest BCUT2D eigenvalue weighted by atomic mass is 79.9. The molecule has 66 valence electrons. The Morgan fingerprint density at radius 1 is 1.33 bits per heavy atom. The Balaban J connectivity index is 3.18. The molecule has 0 spiro atoms. The fourth-order valence-corrected chi connectivity index (χ4v) is 2.81. The van der Waals surface area contributed by atoms with Crippen molar-refractivity contribution in [1.82, 2.24) is 0 Å². The molecular weight excluding hydrogens is 371 g/mol. The van der Waals surface area contributed by atoms with Gasteiger partial charge in [-0.25, -0.2) is 0 Å². The average Bonchev–Trinajstić information content (AvgIpc) is 2.03. The Morgan fingerprint density at radius 3 is 2.42 bits per heavy atom. The predicted octanol–water partition coefficient (Wildman–Crippen LogP) is 5.02. The summed E-state index contributed by atoms with van der Waals surface area (Å²) in [5.41, 5.74) is 2.29. The maximum atomic E-state index is 6.00. The second kappa shape index (κ2) is 4.99. The molecule has 0 amide bonds. The van der Waals surface area contributed by atoms with Crippen LogP contribution in [0.15, 0.2) is 18.2 Å². The van der Waals surface area contributed by atoms with Crippen LogP contribution >= 0.6 is 59.4 Å². The van der Waals surface area contributed by atoms with Gasteiger partial charge in [-0.15, -0.1) is 0 Å². The standard InChI is InChI=1S/C8H6Br3Cl/c9-4-6-5(8(10)11)2-1-3-7(6)12/h1-3,8H,4H2. The van der Waals surface area contributed by atoms with Crippen LogP contribution < -0.4 is 0 Å². The van der Waals surface area contributed by atoms with Gasteiger partial charge in [-0.05, 0) is 17.2 Å². The van der Waals surface area contributed by atoms with Gasteiger partial charge < -0.3 is 0 Å². The highest BCUT2D eigenvalue weighted by molar-refractivity contribution is 9.24. The van der Waals surface area contributed by atoms with Gasteiger partial charge in [0.25, 0.3) is 0 Å². The number of halogens is 4. The van der Waals surface area contributed by atoms with Crippen LogP contribution in [-0.4, -0.2) is 0 Å². The lowest BCUT2D eigenvalue weighted by Gasteiger charge is -2.09. The second-order valence-corrected chi connectivity index (χ2v) is 6.27. The molecule has 0 atom stereocenters. The SMILES string of the molecule is Clc1cccc(C(Br)Br)c1CBr. The van der Waals surface area contributed by atoms with Crippen molar-refractivity contribution in [2.24, 2.45) is 0 Å². The largest absolute Gasteiger partial charge is 0.0949 e. The normalized spacial score (nSPS) is 10.8. The molecule has 0 aliphatic carbocycles. The molecule has 0 radical (unpaired) electrons. The Morgan fingerprint density at radius 2 is 2.00 bits per heavy atom. The van der Waals surface area contributed by atoms with E-state index in [9.17, 15) is 0 Å². The van der Waals surface area contributed by atoms with Crippen LogP contribution in [0.1, 0.15) is 14.9 Å². The maximum Gasteiger partial charge on any atom is 0.0949 e. The summed E-state index contributed by atoms with van der Waals surface area (Å²) in [6.45, 7) is 0. The highest BCUT2D eigenvalue weighted by Gasteiger charge is 2.10. The summed E-state index contributed by atoms with van der Waals surface area (Å²) in [6, 6.07) is 5.88. The fraction of sp³-hybridized carbons (Fsp3) is 0.250. The molecule has 0 aromatic heterocycles. The van der Waals surface area contributed by atoms with Crippen molar-refractivity contribution in [2.45, 2.75) is 9.07 Å². The van der Waals surface area contributed by atoms with Crippen LogP contribution in [0.2, 0.25) is 5.02 Å². The molecule has 0 unspecified atom stereocenters. The Labute approximate surface area is 102 Å². The molecule has 0 saturated heterocycles. The number of benzene rings is 1. The third-order valence-electron chi connectivity index (χ3n) is 1.52. The van der Waals surface area contributed by atoms with Crippen LogP contribution in [-0.2, 0) is 5.33 Å². The van der Waals surface area contributed by atoms with Gasteiger partial charge in [-0.3, -0.25) is 0 Å². The first-order valence-corrected chi connectivity index (χ1v) is 6.61. The van der Waals surface area contributed by atoms with Crippen molar-refractivity contribution in [1.29, 1.82) is 0 Å². The quantitative estimate of drug-likeness (QED) is 0.635. The molecule has 1 aromatic carbocycles. The molecule has 0 aliphatic rings. The topological polar surface area (TPSA) is 0 Å². The van der Waals surface area contributed by atoms with Crippen molar-refractivity contribution in [2.75, 3.05) is 0 Å². The molecule has 0 fully saturated rings. The van der Waals surface area contributed by atoms with Crippen molar-refractivity contribution in [3.8, 4) is 0 Å². The summed E-state index contributed by atoms with van der Waals surface area (Å²) in [6.07, 6.45) is 0. The van der Waals surface area contributed by atoms with Crippen LogP contribution in [0, 0.1) is 0 Å². The predicted molar refractivity (Wildman–Crippen MR) is 64.7 cm³/mol. The molecule has 1 aromatic rings. The third kappa shape index (κ3) is 2.47. The Kier molecular flexibility index (Phi) is 4.58. The van der Waals surface area contributed by atoms with E-state index >= 15 is 0 Å². The smallest absolute Gasteiger partial charge is 0.0876 e. The molecule has 0 aliphatic heterocycles. The minimum Gasteiger partial charge on any atom is -0.0876 e. The number of hydrogen-bond donors (Lipinski definition) is 0. The molecule has 0 bridgehead atoms. The van der Waals surface area contributed by atoms with Crippen molar-refractivity contribution >= 4 is 59.4 Å². The molecule has 0 N–H and O–H groups in total. The van der Waals surface area contributed by atoms with Gasteiger partial charge in [-0.1, -0.05) is 71.5 Å². The highest BCUT2D eigenvalue weighted by Crippen LogP contribution is 2.35. The van der Waals surface area contributed by atoms with Crippen LogP contribution in [0.4, 0.5) is 0 Å². The fourth-order valence-electron chi connectivity index (χ4n) is 0.921. The van der Waals surface area contributed by atoms with Crippen LogP contribution in [0.25, 0.3) is 0 Å². The second-order valence-electron chi connectivity index (χ2n) is 2.24. The van der Waals surface area contributed by atoms with Crippen LogP contribution in [0.5, 0.6) is 0 Å². The van der Waals surface area contributed by atoms with Gasteiger partial charge in [0.05, 0.1) is 3.74 Å². The van der Waals surface area contributed by atoms with E-state index in [4.69, 9.17) is 11.6 Å². The Hall–Kier alpha value is 0.950. The summed E-state index contributed by atoms with van der Waals surface area (Å²) in [7, 11) is 0. The van der Waals surface area contributed by atoms with E-state index < -0.39 is 0 Å². The lowest BCUT2D eigenvalue weighted by Crippen LogP contribution is -1.90. The van der Waals surface area contributed by atoms with Gasteiger partial charge in [0.2, 0.25) is 0 Å². The van der Waals surface area contributed by atoms with Crippen molar-refractivity contribution in [3.63, 3.8) is 0 Å². The van der Waals surface area contributed by atoms with Gasteiger partial charge in [0, 0.05) is 10.4 Å². The zero-order chi connectivity index (χ0) is 9.14. The first kappa shape index (κ1) is 11.0. The number of hydrogen-bond acceptors (Lipinski definition) is 0. The van der Waals surface area contributed by atoms with Gasteiger partial charge in [0.1, 0.15) is 0 Å². The van der Waals surface area contributed by atoms with Gasteiger partial charge in [-0.2, -0.15) is 0 Å². The molecule has 12 heavy (non-hydrogen) atoms. The van der Waals surface area contributed by atoms with E-state index in [1.54, 1.807) is 0 Å². The molecule has 0 saturated carbocycles. The summed E-state index contributed by atoms with van der Waals surface area (Å²) in [5.74, 6) is 0.